The number of carbonyl (C=O) groups excluding carboxylic acids is 2. The number of halogens is 2. The monoisotopic (exact) mass is 666 g/mol. The van der Waals surface area contributed by atoms with E-state index in [0.717, 1.165) is 85.5 Å². The van der Waals surface area contributed by atoms with Gasteiger partial charge in [0, 0.05) is 11.4 Å². The molecule has 0 radical (unpaired) electrons. The van der Waals surface area contributed by atoms with Crippen molar-refractivity contribution in [1.29, 1.82) is 0 Å². The minimum absolute atomic E-state index is 0. The Morgan fingerprint density at radius 3 is 1.29 bits per heavy atom. The van der Waals surface area contributed by atoms with E-state index in [9.17, 15) is 9.59 Å². The molecule has 2 aliphatic heterocycles. The molecule has 7 nitrogen and oxygen atoms in total. The first-order valence-electron chi connectivity index (χ1n) is 16.5. The third-order valence-electron chi connectivity index (χ3n) is 8.89. The second-order valence-corrected chi connectivity index (χ2v) is 12.3. The molecule has 9 heteroatoms. The predicted octanol–water partition coefficient (Wildman–Crippen LogP) is 7.81. The average molecular weight is 668 g/mol. The number of aryl methyl sites for hydroxylation is 4. The summed E-state index contributed by atoms with van der Waals surface area (Å²) in [4.78, 5) is 30.1. The van der Waals surface area contributed by atoms with Gasteiger partial charge in [0.2, 0.25) is 11.8 Å². The molecule has 2 heterocycles. The molecule has 4 rings (SSSR count). The standard InChI is InChI=1S/2C18H28N2O.2ClH.H2O/c2*1-4-5-12-20-13-7-6-11-16(20)18(21)19-17-14(2)9-8-10-15(17)3;;;/h2*8-10,16H,4-7,11-13H2,1-3H3,(H,19,21);2*1H;1H2. The van der Waals surface area contributed by atoms with Crippen molar-refractivity contribution in [2.75, 3.05) is 36.8 Å². The van der Waals surface area contributed by atoms with Gasteiger partial charge >= 0.3 is 0 Å². The Balaban J connectivity index is 0.000000807. The van der Waals surface area contributed by atoms with Gasteiger partial charge in [0.1, 0.15) is 0 Å². The van der Waals surface area contributed by atoms with E-state index < -0.39 is 0 Å². The fourth-order valence-corrected chi connectivity index (χ4v) is 6.27. The summed E-state index contributed by atoms with van der Waals surface area (Å²) in [5.74, 6) is 0.339. The van der Waals surface area contributed by atoms with Crippen LogP contribution in [-0.2, 0) is 9.59 Å². The van der Waals surface area contributed by atoms with Crippen LogP contribution in [0.2, 0.25) is 0 Å². The Morgan fingerprint density at radius 2 is 0.978 bits per heavy atom. The van der Waals surface area contributed by atoms with Crippen LogP contribution in [0.15, 0.2) is 36.4 Å². The van der Waals surface area contributed by atoms with Crippen molar-refractivity contribution in [2.24, 2.45) is 0 Å². The van der Waals surface area contributed by atoms with Crippen LogP contribution >= 0.6 is 24.8 Å². The summed E-state index contributed by atoms with van der Waals surface area (Å²) in [5, 5.41) is 6.35. The highest BCUT2D eigenvalue weighted by atomic mass is 35.5. The number of amides is 2. The average Bonchev–Trinajstić information content (AvgIpc) is 2.99. The van der Waals surface area contributed by atoms with Crippen molar-refractivity contribution in [1.82, 2.24) is 9.80 Å². The number of anilines is 2. The number of likely N-dealkylation sites (tertiary alicyclic amines) is 2. The summed E-state index contributed by atoms with van der Waals surface area (Å²) in [6.45, 7) is 16.8. The lowest BCUT2D eigenvalue weighted by Gasteiger charge is -2.34. The fraction of sp³-hybridized carbons (Fsp3) is 0.611. The molecule has 2 aromatic rings. The van der Waals surface area contributed by atoms with Crippen molar-refractivity contribution in [2.45, 2.75) is 118 Å². The van der Waals surface area contributed by atoms with E-state index in [1.54, 1.807) is 0 Å². The molecule has 45 heavy (non-hydrogen) atoms. The zero-order valence-corrected chi connectivity index (χ0v) is 30.2. The van der Waals surface area contributed by atoms with E-state index in [4.69, 9.17) is 0 Å². The minimum atomic E-state index is 0. The Bertz CT molecular complexity index is 1030. The summed E-state index contributed by atoms with van der Waals surface area (Å²) in [6.07, 6.45) is 11.4. The SMILES string of the molecule is CCCCN1CCCCC1C(=O)Nc1c(C)cccc1C.CCCCN1CCCCC1C(=O)Nc1c(C)cccc1C.Cl.Cl.O. The van der Waals surface area contributed by atoms with Gasteiger partial charge in [-0.1, -0.05) is 75.9 Å². The molecule has 4 N–H and O–H groups in total. The molecule has 2 fully saturated rings. The number of unbranched alkanes of at least 4 members (excludes halogenated alkanes) is 2. The summed E-state index contributed by atoms with van der Waals surface area (Å²) in [7, 11) is 0. The van der Waals surface area contributed by atoms with Crippen LogP contribution in [0.5, 0.6) is 0 Å². The lowest BCUT2D eigenvalue weighted by molar-refractivity contribution is -0.123. The first-order valence-corrected chi connectivity index (χ1v) is 16.5. The molecular weight excluding hydrogens is 607 g/mol. The van der Waals surface area contributed by atoms with Crippen LogP contribution in [0.4, 0.5) is 11.4 Å². The first kappa shape index (κ1) is 42.8. The summed E-state index contributed by atoms with van der Waals surface area (Å²) < 4.78 is 0. The van der Waals surface area contributed by atoms with Gasteiger partial charge in [0.15, 0.2) is 0 Å². The lowest BCUT2D eigenvalue weighted by atomic mass is 10.00. The smallest absolute Gasteiger partial charge is 0.241 e. The Morgan fingerprint density at radius 1 is 0.644 bits per heavy atom. The number of nitrogens with one attached hydrogen (secondary N) is 2. The van der Waals surface area contributed by atoms with Crippen LogP contribution < -0.4 is 10.6 Å². The van der Waals surface area contributed by atoms with Crippen LogP contribution in [0.1, 0.15) is 100 Å². The predicted molar refractivity (Wildman–Crippen MR) is 195 cm³/mol. The molecule has 256 valence electrons. The van der Waals surface area contributed by atoms with Gasteiger partial charge < -0.3 is 16.1 Å². The van der Waals surface area contributed by atoms with Crippen molar-refractivity contribution in [3.05, 3.63) is 58.7 Å². The van der Waals surface area contributed by atoms with E-state index in [2.05, 4.69) is 86.2 Å². The molecule has 0 aromatic heterocycles. The molecule has 2 atom stereocenters. The number of rotatable bonds is 10. The fourth-order valence-electron chi connectivity index (χ4n) is 6.27. The van der Waals surface area contributed by atoms with Gasteiger partial charge in [-0.25, -0.2) is 0 Å². The van der Waals surface area contributed by atoms with Gasteiger partial charge in [-0.2, -0.15) is 0 Å². The van der Waals surface area contributed by atoms with Gasteiger partial charge in [-0.3, -0.25) is 19.4 Å². The molecule has 2 aromatic carbocycles. The molecule has 0 saturated carbocycles. The maximum atomic E-state index is 12.7. The normalized spacial score (nSPS) is 18.2. The van der Waals surface area contributed by atoms with Crippen molar-refractivity contribution in [3.63, 3.8) is 0 Å². The highest BCUT2D eigenvalue weighted by Crippen LogP contribution is 2.25. The quantitative estimate of drug-likeness (QED) is 0.270. The number of nitrogens with zero attached hydrogens (tertiary/aromatic N) is 2. The number of benzene rings is 2. The Labute approximate surface area is 285 Å². The van der Waals surface area contributed by atoms with Crippen LogP contribution in [-0.4, -0.2) is 65.4 Å². The topological polar surface area (TPSA) is 96.2 Å². The molecule has 0 aliphatic carbocycles. The highest BCUT2D eigenvalue weighted by Gasteiger charge is 2.29. The zero-order chi connectivity index (χ0) is 30.5. The number of hydrogen-bond donors (Lipinski definition) is 2. The highest BCUT2D eigenvalue weighted by molar-refractivity contribution is 5.97. The van der Waals surface area contributed by atoms with Crippen LogP contribution in [0.25, 0.3) is 0 Å². The van der Waals surface area contributed by atoms with Gasteiger partial charge in [-0.15, -0.1) is 24.8 Å². The molecule has 2 amide bonds. The third kappa shape index (κ3) is 12.9. The van der Waals surface area contributed by atoms with Crippen LogP contribution in [0.3, 0.4) is 0 Å². The maximum Gasteiger partial charge on any atom is 0.241 e. The van der Waals surface area contributed by atoms with E-state index in [0.29, 0.717) is 0 Å². The molecule has 2 saturated heterocycles. The molecule has 2 unspecified atom stereocenters. The number of piperidine rings is 2. The van der Waals surface area contributed by atoms with E-state index in [1.165, 1.54) is 38.5 Å². The van der Waals surface area contributed by atoms with Crippen molar-refractivity contribution >= 4 is 48.0 Å². The van der Waals surface area contributed by atoms with E-state index >= 15 is 0 Å². The zero-order valence-electron chi connectivity index (χ0n) is 28.5. The van der Waals surface area contributed by atoms with Gasteiger partial charge in [0.05, 0.1) is 12.1 Å². The van der Waals surface area contributed by atoms with Crippen LogP contribution in [0, 0.1) is 27.7 Å². The van der Waals surface area contributed by atoms with Gasteiger partial charge in [0.25, 0.3) is 0 Å². The number of hydrogen-bond acceptors (Lipinski definition) is 4. The molecule has 0 spiro atoms. The number of carbonyl (C=O) groups is 2. The summed E-state index contributed by atoms with van der Waals surface area (Å²) in [5.41, 5.74) is 6.53. The first-order chi connectivity index (χ1) is 20.3. The third-order valence-corrected chi connectivity index (χ3v) is 8.89. The maximum absolute atomic E-state index is 12.7. The van der Waals surface area contributed by atoms with E-state index in [1.807, 2.05) is 12.1 Å². The summed E-state index contributed by atoms with van der Waals surface area (Å²) in [6, 6.07) is 12.4. The largest absolute Gasteiger partial charge is 0.412 e. The Kier molecular flexibility index (Phi) is 21.3. The minimum Gasteiger partial charge on any atom is -0.412 e. The Hall–Kier alpha value is -2.16. The van der Waals surface area contributed by atoms with Gasteiger partial charge in [-0.05, 0) is 115 Å². The van der Waals surface area contributed by atoms with Crippen molar-refractivity contribution < 1.29 is 15.1 Å². The molecular formula is C36H60Cl2N4O3. The second-order valence-electron chi connectivity index (χ2n) is 12.3. The summed E-state index contributed by atoms with van der Waals surface area (Å²) >= 11 is 0. The second kappa shape index (κ2) is 22.4. The lowest BCUT2D eigenvalue weighted by Crippen LogP contribution is -2.47. The van der Waals surface area contributed by atoms with Crippen molar-refractivity contribution in [3.8, 4) is 0 Å². The number of para-hydroxylation sites is 2. The molecule has 2 aliphatic rings. The molecule has 0 bridgehead atoms. The van der Waals surface area contributed by atoms with E-state index in [-0.39, 0.29) is 54.2 Å².